The predicted molar refractivity (Wildman–Crippen MR) is 108 cm³/mol. The first-order chi connectivity index (χ1) is 11.8. The van der Waals surface area contributed by atoms with E-state index in [-0.39, 0.29) is 0 Å². The highest BCUT2D eigenvalue weighted by Gasteiger charge is 2.24. The van der Waals surface area contributed by atoms with Gasteiger partial charge in [-0.3, -0.25) is 0 Å². The maximum atomic E-state index is 2.63. The summed E-state index contributed by atoms with van der Waals surface area (Å²) in [7, 11) is 0. The highest BCUT2D eigenvalue weighted by atomic mass is 15.4. The van der Waals surface area contributed by atoms with Crippen molar-refractivity contribution in [1.29, 1.82) is 0 Å². The molecule has 0 fully saturated rings. The lowest BCUT2D eigenvalue weighted by atomic mass is 10.1. The van der Waals surface area contributed by atoms with Crippen LogP contribution in [0.15, 0.2) is 12.4 Å². The summed E-state index contributed by atoms with van der Waals surface area (Å²) in [6.45, 7) is 9.41. The highest BCUT2D eigenvalue weighted by Crippen LogP contribution is 2.22. The fourth-order valence-corrected chi connectivity index (χ4v) is 3.70. The van der Waals surface area contributed by atoms with Gasteiger partial charge in [0.2, 0.25) is 0 Å². The Morgan fingerprint density at radius 3 is 1.42 bits per heavy atom. The van der Waals surface area contributed by atoms with Crippen molar-refractivity contribution in [2.75, 3.05) is 13.1 Å². The van der Waals surface area contributed by atoms with Gasteiger partial charge in [0.15, 0.2) is 0 Å². The molecule has 0 aromatic heterocycles. The topological polar surface area (TPSA) is 6.48 Å². The molecule has 0 aliphatic carbocycles. The third-order valence-electron chi connectivity index (χ3n) is 5.32. The lowest BCUT2D eigenvalue weighted by Gasteiger charge is -2.33. The fourth-order valence-electron chi connectivity index (χ4n) is 3.70. The van der Waals surface area contributed by atoms with Gasteiger partial charge >= 0.3 is 0 Å². The number of hydrogen-bond acceptors (Lipinski definition) is 2. The summed E-state index contributed by atoms with van der Waals surface area (Å²) < 4.78 is 0. The summed E-state index contributed by atoms with van der Waals surface area (Å²) in [6.07, 6.45) is 24.7. The van der Waals surface area contributed by atoms with Crippen LogP contribution in [0.3, 0.4) is 0 Å². The van der Waals surface area contributed by atoms with Crippen LogP contribution in [0, 0.1) is 0 Å². The van der Waals surface area contributed by atoms with E-state index < -0.39 is 0 Å². The number of rotatable bonds is 16. The van der Waals surface area contributed by atoms with Crippen molar-refractivity contribution in [3.8, 4) is 0 Å². The second-order valence-corrected chi connectivity index (χ2v) is 7.58. The molecule has 2 nitrogen and oxygen atoms in total. The summed E-state index contributed by atoms with van der Waals surface area (Å²) in [5.74, 6) is 0. The van der Waals surface area contributed by atoms with Crippen molar-refractivity contribution in [2.24, 2.45) is 0 Å². The SMILES string of the molecule is CCCCCCCCN1C=CN(CCCCCCC)C1CCCC. The Morgan fingerprint density at radius 2 is 0.958 bits per heavy atom. The summed E-state index contributed by atoms with van der Waals surface area (Å²) >= 11 is 0. The standard InChI is InChI=1S/C22H44N2/c1-4-7-10-12-14-16-19-24-21-20-23(22(24)17-9-6-3)18-15-13-11-8-5-2/h20-22H,4-19H2,1-3H3. The van der Waals surface area contributed by atoms with E-state index in [2.05, 4.69) is 43.0 Å². The predicted octanol–water partition coefficient (Wildman–Crippen LogP) is 6.92. The third-order valence-corrected chi connectivity index (χ3v) is 5.32. The minimum absolute atomic E-state index is 0.645. The van der Waals surface area contributed by atoms with Crippen molar-refractivity contribution >= 4 is 0 Å². The Kier molecular flexibility index (Phi) is 13.1. The van der Waals surface area contributed by atoms with Crippen LogP contribution in [-0.4, -0.2) is 29.1 Å². The van der Waals surface area contributed by atoms with E-state index in [1.165, 1.54) is 103 Å². The van der Waals surface area contributed by atoms with Gasteiger partial charge in [0.05, 0.1) is 0 Å². The van der Waals surface area contributed by atoms with Gasteiger partial charge in [-0.05, 0) is 25.7 Å². The van der Waals surface area contributed by atoms with Gasteiger partial charge in [-0.15, -0.1) is 0 Å². The first-order valence-electron chi connectivity index (χ1n) is 11.0. The van der Waals surface area contributed by atoms with Crippen LogP contribution in [0.2, 0.25) is 0 Å². The summed E-state index contributed by atoms with van der Waals surface area (Å²) in [4.78, 5) is 5.25. The molecular formula is C22H44N2. The molecule has 0 saturated heterocycles. The maximum absolute atomic E-state index is 2.63. The zero-order chi connectivity index (χ0) is 17.5. The van der Waals surface area contributed by atoms with E-state index in [1.807, 2.05) is 0 Å². The first kappa shape index (κ1) is 21.4. The Labute approximate surface area is 152 Å². The van der Waals surface area contributed by atoms with E-state index in [0.717, 1.165) is 0 Å². The molecular weight excluding hydrogens is 292 g/mol. The largest absolute Gasteiger partial charge is 0.356 e. The first-order valence-corrected chi connectivity index (χ1v) is 11.0. The molecule has 0 radical (unpaired) electrons. The minimum Gasteiger partial charge on any atom is -0.356 e. The molecule has 1 heterocycles. The average molecular weight is 337 g/mol. The summed E-state index contributed by atoms with van der Waals surface area (Å²) in [5, 5.41) is 0. The van der Waals surface area contributed by atoms with Crippen molar-refractivity contribution in [3.63, 3.8) is 0 Å². The smallest absolute Gasteiger partial charge is 0.101 e. The van der Waals surface area contributed by atoms with E-state index >= 15 is 0 Å². The maximum Gasteiger partial charge on any atom is 0.101 e. The van der Waals surface area contributed by atoms with E-state index in [0.29, 0.717) is 6.17 Å². The van der Waals surface area contributed by atoms with E-state index in [1.54, 1.807) is 0 Å². The number of unbranched alkanes of at least 4 members (excludes halogenated alkanes) is 10. The van der Waals surface area contributed by atoms with Gasteiger partial charge in [0, 0.05) is 25.5 Å². The Bertz CT molecular complexity index is 300. The van der Waals surface area contributed by atoms with Gasteiger partial charge in [0.25, 0.3) is 0 Å². The van der Waals surface area contributed by atoms with Gasteiger partial charge in [-0.1, -0.05) is 85.0 Å². The van der Waals surface area contributed by atoms with Crippen LogP contribution in [0.1, 0.15) is 111 Å². The monoisotopic (exact) mass is 336 g/mol. The molecule has 1 aliphatic rings. The van der Waals surface area contributed by atoms with Crippen molar-refractivity contribution in [3.05, 3.63) is 12.4 Å². The van der Waals surface area contributed by atoms with Crippen LogP contribution in [0.5, 0.6) is 0 Å². The summed E-state index contributed by atoms with van der Waals surface area (Å²) in [5.41, 5.74) is 0. The Balaban J connectivity index is 2.26. The quantitative estimate of drug-likeness (QED) is 0.282. The van der Waals surface area contributed by atoms with Crippen molar-refractivity contribution in [1.82, 2.24) is 9.80 Å². The molecule has 0 saturated carbocycles. The summed E-state index contributed by atoms with van der Waals surface area (Å²) in [6, 6.07) is 0. The normalized spacial score (nSPS) is 17.2. The van der Waals surface area contributed by atoms with E-state index in [4.69, 9.17) is 0 Å². The van der Waals surface area contributed by atoms with Gasteiger partial charge in [0.1, 0.15) is 6.17 Å². The molecule has 2 heteroatoms. The lowest BCUT2D eigenvalue weighted by Crippen LogP contribution is -2.39. The van der Waals surface area contributed by atoms with Crippen molar-refractivity contribution < 1.29 is 0 Å². The molecule has 0 bridgehead atoms. The molecule has 0 amide bonds. The van der Waals surface area contributed by atoms with Crippen LogP contribution < -0.4 is 0 Å². The molecule has 1 unspecified atom stereocenters. The van der Waals surface area contributed by atoms with E-state index in [9.17, 15) is 0 Å². The van der Waals surface area contributed by atoms with Crippen LogP contribution >= 0.6 is 0 Å². The molecule has 0 N–H and O–H groups in total. The minimum atomic E-state index is 0.645. The Hall–Kier alpha value is -0.660. The molecule has 0 aromatic carbocycles. The van der Waals surface area contributed by atoms with Gasteiger partial charge in [-0.25, -0.2) is 0 Å². The molecule has 0 spiro atoms. The molecule has 24 heavy (non-hydrogen) atoms. The number of hydrogen-bond donors (Lipinski definition) is 0. The van der Waals surface area contributed by atoms with Crippen LogP contribution in [0.25, 0.3) is 0 Å². The molecule has 1 aliphatic heterocycles. The number of nitrogens with zero attached hydrogens (tertiary/aromatic N) is 2. The lowest BCUT2D eigenvalue weighted by molar-refractivity contribution is 0.136. The fraction of sp³-hybridized carbons (Fsp3) is 0.909. The van der Waals surface area contributed by atoms with Gasteiger partial charge in [-0.2, -0.15) is 0 Å². The molecule has 0 aromatic rings. The zero-order valence-electron chi connectivity index (χ0n) is 16.9. The van der Waals surface area contributed by atoms with Crippen LogP contribution in [0.4, 0.5) is 0 Å². The van der Waals surface area contributed by atoms with Gasteiger partial charge < -0.3 is 9.80 Å². The zero-order valence-corrected chi connectivity index (χ0v) is 16.9. The van der Waals surface area contributed by atoms with Crippen molar-refractivity contribution in [2.45, 2.75) is 117 Å². The average Bonchev–Trinajstić information content (AvgIpc) is 2.98. The highest BCUT2D eigenvalue weighted by molar-refractivity contribution is 4.96. The molecule has 1 rings (SSSR count). The second kappa shape index (κ2) is 14.7. The second-order valence-electron chi connectivity index (χ2n) is 7.58. The molecule has 1 atom stereocenters. The third kappa shape index (κ3) is 8.99. The Morgan fingerprint density at radius 1 is 0.542 bits per heavy atom. The van der Waals surface area contributed by atoms with Crippen LogP contribution in [-0.2, 0) is 0 Å². The molecule has 142 valence electrons.